The molecule has 122 valence electrons. The van der Waals surface area contributed by atoms with Crippen molar-refractivity contribution in [3.05, 3.63) is 29.8 Å². The van der Waals surface area contributed by atoms with E-state index in [4.69, 9.17) is 9.47 Å². The molecule has 1 aliphatic carbocycles. The molecule has 0 radical (unpaired) electrons. The molecule has 1 saturated carbocycles. The zero-order valence-electron chi connectivity index (χ0n) is 14.0. The first-order chi connectivity index (χ1) is 10.3. The maximum absolute atomic E-state index is 12.3. The fourth-order valence-electron chi connectivity index (χ4n) is 2.96. The van der Waals surface area contributed by atoms with E-state index in [0.717, 1.165) is 17.7 Å². The Morgan fingerprint density at radius 3 is 2.55 bits per heavy atom. The monoisotopic (exact) mass is 306 g/mol. The van der Waals surface area contributed by atoms with Gasteiger partial charge in [0.2, 0.25) is 0 Å². The highest BCUT2D eigenvalue weighted by molar-refractivity contribution is 5.90. The maximum Gasteiger partial charge on any atom is 0.319 e. The van der Waals surface area contributed by atoms with Crippen LogP contribution in [-0.4, -0.2) is 31.9 Å². The van der Waals surface area contributed by atoms with E-state index >= 15 is 0 Å². The minimum absolute atomic E-state index is 0.0898. The molecule has 0 bridgehead atoms. The van der Waals surface area contributed by atoms with Crippen molar-refractivity contribution in [2.45, 2.75) is 45.4 Å². The van der Waals surface area contributed by atoms with Crippen molar-refractivity contribution in [2.75, 3.05) is 19.5 Å². The van der Waals surface area contributed by atoms with Crippen molar-refractivity contribution < 1.29 is 14.3 Å². The molecule has 2 N–H and O–H groups in total. The molecular formula is C17H26N2O3. The largest absolute Gasteiger partial charge is 0.380 e. The van der Waals surface area contributed by atoms with Gasteiger partial charge in [-0.25, -0.2) is 4.79 Å². The molecule has 2 unspecified atom stereocenters. The molecule has 0 aliphatic heterocycles. The maximum atomic E-state index is 12.3. The number of carbonyl (C=O) groups is 1. The number of urea groups is 1. The van der Waals surface area contributed by atoms with Gasteiger partial charge in [-0.05, 0) is 19.4 Å². The van der Waals surface area contributed by atoms with Gasteiger partial charge < -0.3 is 20.1 Å². The molecule has 0 spiro atoms. The zero-order valence-corrected chi connectivity index (χ0v) is 14.0. The van der Waals surface area contributed by atoms with Crippen LogP contribution >= 0.6 is 0 Å². The number of carbonyl (C=O) groups excluding carboxylic acids is 1. The number of methoxy groups -OCH3 is 2. The number of hydrogen-bond donors (Lipinski definition) is 2. The Kier molecular flexibility index (Phi) is 4.78. The van der Waals surface area contributed by atoms with E-state index in [2.05, 4.69) is 31.4 Å². The van der Waals surface area contributed by atoms with Crippen molar-refractivity contribution in [3.8, 4) is 0 Å². The zero-order chi connectivity index (χ0) is 16.4. The molecule has 5 nitrogen and oxygen atoms in total. The number of amides is 2. The average molecular weight is 306 g/mol. The molecule has 1 aromatic rings. The molecule has 0 aromatic heterocycles. The molecule has 0 saturated heterocycles. The number of hydrogen-bond acceptors (Lipinski definition) is 3. The first-order valence-corrected chi connectivity index (χ1v) is 7.53. The topological polar surface area (TPSA) is 59.6 Å². The van der Waals surface area contributed by atoms with E-state index in [-0.39, 0.29) is 23.1 Å². The standard InChI is InChI=1S/C17H26N2O3/c1-16(2)14(10-17(16,3)22-5)19-15(20)18-13-9-7-6-8-12(13)11-21-4/h6-9,14H,10-11H2,1-5H3,(H2,18,19,20). The summed E-state index contributed by atoms with van der Waals surface area (Å²) in [4.78, 5) is 12.3. The first kappa shape index (κ1) is 16.8. The smallest absolute Gasteiger partial charge is 0.319 e. The summed E-state index contributed by atoms with van der Waals surface area (Å²) < 4.78 is 10.7. The fourth-order valence-corrected chi connectivity index (χ4v) is 2.96. The van der Waals surface area contributed by atoms with Gasteiger partial charge in [-0.3, -0.25) is 0 Å². The van der Waals surface area contributed by atoms with Crippen LogP contribution in [0.3, 0.4) is 0 Å². The second-order valence-electron chi connectivity index (χ2n) is 6.60. The molecule has 2 rings (SSSR count). The lowest BCUT2D eigenvalue weighted by Gasteiger charge is -2.59. The molecule has 1 aromatic carbocycles. The van der Waals surface area contributed by atoms with Gasteiger partial charge in [-0.2, -0.15) is 0 Å². The average Bonchev–Trinajstić information content (AvgIpc) is 2.48. The number of para-hydroxylation sites is 1. The van der Waals surface area contributed by atoms with Crippen LogP contribution in [0.1, 0.15) is 32.8 Å². The van der Waals surface area contributed by atoms with E-state index < -0.39 is 0 Å². The van der Waals surface area contributed by atoms with Crippen LogP contribution < -0.4 is 10.6 Å². The van der Waals surface area contributed by atoms with Crippen LogP contribution in [0, 0.1) is 5.41 Å². The van der Waals surface area contributed by atoms with Crippen molar-refractivity contribution in [3.63, 3.8) is 0 Å². The predicted octanol–water partition coefficient (Wildman–Crippen LogP) is 3.16. The summed E-state index contributed by atoms with van der Waals surface area (Å²) in [6, 6.07) is 7.53. The highest BCUT2D eigenvalue weighted by Gasteiger charge is 2.58. The Hall–Kier alpha value is -1.59. The van der Waals surface area contributed by atoms with Gasteiger partial charge in [0.05, 0.1) is 12.2 Å². The molecule has 1 fully saturated rings. The van der Waals surface area contributed by atoms with Gasteiger partial charge in [0, 0.05) is 36.9 Å². The van der Waals surface area contributed by atoms with E-state index in [1.54, 1.807) is 14.2 Å². The van der Waals surface area contributed by atoms with Gasteiger partial charge in [0.1, 0.15) is 0 Å². The number of anilines is 1. The van der Waals surface area contributed by atoms with Crippen LogP contribution in [0.5, 0.6) is 0 Å². The summed E-state index contributed by atoms with van der Waals surface area (Å²) in [5.74, 6) is 0. The highest BCUT2D eigenvalue weighted by atomic mass is 16.5. The summed E-state index contributed by atoms with van der Waals surface area (Å²) >= 11 is 0. The summed E-state index contributed by atoms with van der Waals surface area (Å²) in [6.45, 7) is 6.78. The summed E-state index contributed by atoms with van der Waals surface area (Å²) in [5, 5.41) is 5.95. The van der Waals surface area contributed by atoms with Crippen LogP contribution in [0.4, 0.5) is 10.5 Å². The minimum atomic E-state index is -0.196. The number of rotatable bonds is 5. The molecule has 0 heterocycles. The summed E-state index contributed by atoms with van der Waals surface area (Å²) in [5.41, 5.74) is 1.42. The Labute approximate surface area is 132 Å². The van der Waals surface area contributed by atoms with Crippen molar-refractivity contribution in [1.29, 1.82) is 0 Å². The summed E-state index contributed by atoms with van der Waals surface area (Å²) in [6.07, 6.45) is 0.809. The van der Waals surface area contributed by atoms with Gasteiger partial charge in [0.25, 0.3) is 0 Å². The lowest BCUT2D eigenvalue weighted by molar-refractivity contribution is -0.177. The third-order valence-corrected chi connectivity index (χ3v) is 5.15. The van der Waals surface area contributed by atoms with Crippen molar-refractivity contribution in [2.24, 2.45) is 5.41 Å². The lowest BCUT2D eigenvalue weighted by atomic mass is 9.56. The van der Waals surface area contributed by atoms with Gasteiger partial charge in [0.15, 0.2) is 0 Å². The first-order valence-electron chi connectivity index (χ1n) is 7.53. The van der Waals surface area contributed by atoms with Crippen LogP contribution in [0.15, 0.2) is 24.3 Å². The van der Waals surface area contributed by atoms with Gasteiger partial charge >= 0.3 is 6.03 Å². The molecular weight excluding hydrogens is 280 g/mol. The lowest BCUT2D eigenvalue weighted by Crippen LogP contribution is -2.68. The molecule has 5 heteroatoms. The predicted molar refractivity (Wildman–Crippen MR) is 86.9 cm³/mol. The van der Waals surface area contributed by atoms with Gasteiger partial charge in [-0.15, -0.1) is 0 Å². The Bertz CT molecular complexity index is 544. The normalized spacial score (nSPS) is 26.1. The van der Waals surface area contributed by atoms with E-state index in [0.29, 0.717) is 6.61 Å². The Morgan fingerprint density at radius 2 is 1.95 bits per heavy atom. The Balaban J connectivity index is 1.98. The van der Waals surface area contributed by atoms with Crippen LogP contribution in [-0.2, 0) is 16.1 Å². The molecule has 2 amide bonds. The Morgan fingerprint density at radius 1 is 1.27 bits per heavy atom. The van der Waals surface area contributed by atoms with Gasteiger partial charge in [-0.1, -0.05) is 32.0 Å². The molecule has 22 heavy (non-hydrogen) atoms. The third kappa shape index (κ3) is 2.96. The second kappa shape index (κ2) is 6.26. The highest BCUT2D eigenvalue weighted by Crippen LogP contribution is 2.51. The quantitative estimate of drug-likeness (QED) is 0.878. The number of ether oxygens (including phenoxy) is 2. The van der Waals surface area contributed by atoms with Crippen molar-refractivity contribution in [1.82, 2.24) is 5.32 Å². The summed E-state index contributed by atoms with van der Waals surface area (Å²) in [7, 11) is 3.36. The van der Waals surface area contributed by atoms with Crippen LogP contribution in [0.2, 0.25) is 0 Å². The number of benzene rings is 1. The second-order valence-corrected chi connectivity index (χ2v) is 6.60. The fraction of sp³-hybridized carbons (Fsp3) is 0.588. The van der Waals surface area contributed by atoms with E-state index in [1.165, 1.54) is 0 Å². The molecule has 1 aliphatic rings. The third-order valence-electron chi connectivity index (χ3n) is 5.15. The van der Waals surface area contributed by atoms with Crippen LogP contribution in [0.25, 0.3) is 0 Å². The number of nitrogens with one attached hydrogen (secondary N) is 2. The van der Waals surface area contributed by atoms with E-state index in [9.17, 15) is 4.79 Å². The SMILES string of the molecule is COCc1ccccc1NC(=O)NC1CC(C)(OC)C1(C)C. The van der Waals surface area contributed by atoms with Crippen molar-refractivity contribution >= 4 is 11.7 Å². The van der Waals surface area contributed by atoms with E-state index in [1.807, 2.05) is 24.3 Å². The minimum Gasteiger partial charge on any atom is -0.380 e. The molecule has 2 atom stereocenters.